The normalized spacial score (nSPS) is 35.5. The highest BCUT2D eigenvalue weighted by Gasteiger charge is 2.41. The van der Waals surface area contributed by atoms with Gasteiger partial charge < -0.3 is 14.9 Å². The minimum absolute atomic E-state index is 0.0234. The molecule has 5 heteroatoms. The van der Waals surface area contributed by atoms with E-state index in [4.69, 9.17) is 5.11 Å². The molecule has 2 fully saturated rings. The highest BCUT2D eigenvalue weighted by Crippen LogP contribution is 2.29. The number of likely N-dealkylation sites (tertiary alicyclic amines) is 2. The van der Waals surface area contributed by atoms with Gasteiger partial charge in [-0.2, -0.15) is 0 Å². The second-order valence-electron chi connectivity index (χ2n) is 6.00. The lowest BCUT2D eigenvalue weighted by Gasteiger charge is -2.41. The third kappa shape index (κ3) is 2.55. The summed E-state index contributed by atoms with van der Waals surface area (Å²) in [6.07, 6.45) is 2.78. The quantitative estimate of drug-likeness (QED) is 0.791. The number of urea groups is 1. The lowest BCUT2D eigenvalue weighted by molar-refractivity contribution is -0.142. The van der Waals surface area contributed by atoms with Crippen molar-refractivity contribution in [3.63, 3.8) is 0 Å². The smallest absolute Gasteiger partial charge is 0.320 e. The Morgan fingerprint density at radius 3 is 2.21 bits per heavy atom. The molecular weight excluding hydrogens is 244 g/mol. The molecule has 2 saturated heterocycles. The van der Waals surface area contributed by atoms with E-state index in [2.05, 4.69) is 13.8 Å². The van der Waals surface area contributed by atoms with Crippen molar-refractivity contribution in [1.29, 1.82) is 0 Å². The van der Waals surface area contributed by atoms with Gasteiger partial charge in [0.15, 0.2) is 0 Å². The zero-order valence-corrected chi connectivity index (χ0v) is 12.0. The average Bonchev–Trinajstić information content (AvgIpc) is 2.74. The number of hydrogen-bond acceptors (Lipinski definition) is 2. The predicted molar refractivity (Wildman–Crippen MR) is 71.9 cm³/mol. The van der Waals surface area contributed by atoms with Gasteiger partial charge in [-0.3, -0.25) is 4.79 Å². The number of carboxylic acid groups (broad SMARTS) is 1. The van der Waals surface area contributed by atoms with Gasteiger partial charge in [0.1, 0.15) is 0 Å². The highest BCUT2D eigenvalue weighted by atomic mass is 16.4. The molecule has 2 rings (SSSR count). The number of carbonyl (C=O) groups is 2. The van der Waals surface area contributed by atoms with Crippen LogP contribution in [0.25, 0.3) is 0 Å². The van der Waals surface area contributed by atoms with E-state index in [1.165, 1.54) is 0 Å². The van der Waals surface area contributed by atoms with Crippen LogP contribution in [0.15, 0.2) is 0 Å². The van der Waals surface area contributed by atoms with Crippen LogP contribution in [0.5, 0.6) is 0 Å². The molecule has 19 heavy (non-hydrogen) atoms. The fourth-order valence-electron chi connectivity index (χ4n) is 3.31. The van der Waals surface area contributed by atoms with Gasteiger partial charge in [-0.05, 0) is 39.0 Å². The van der Waals surface area contributed by atoms with Crippen LogP contribution < -0.4 is 0 Å². The second-order valence-corrected chi connectivity index (χ2v) is 6.00. The SMILES string of the molecule is CC1CCCN(C(=O)N2CCC(C(=O)O)C2C)C1C. The van der Waals surface area contributed by atoms with Gasteiger partial charge in [-0.1, -0.05) is 6.92 Å². The Bertz CT molecular complexity index is 372. The number of amides is 2. The van der Waals surface area contributed by atoms with E-state index in [0.29, 0.717) is 18.9 Å². The first kappa shape index (κ1) is 14.2. The Balaban J connectivity index is 2.06. The summed E-state index contributed by atoms with van der Waals surface area (Å²) in [6, 6.07) is 0.0714. The maximum atomic E-state index is 12.6. The molecule has 0 aromatic carbocycles. The van der Waals surface area contributed by atoms with Crippen molar-refractivity contribution >= 4 is 12.0 Å². The average molecular weight is 268 g/mol. The maximum absolute atomic E-state index is 12.6. The third-order valence-electron chi connectivity index (χ3n) is 4.94. The minimum Gasteiger partial charge on any atom is -0.481 e. The van der Waals surface area contributed by atoms with Gasteiger partial charge in [-0.25, -0.2) is 4.79 Å². The molecule has 0 saturated carbocycles. The molecule has 108 valence electrons. The Labute approximate surface area is 114 Å². The van der Waals surface area contributed by atoms with Crippen LogP contribution in [0.2, 0.25) is 0 Å². The monoisotopic (exact) mass is 268 g/mol. The summed E-state index contributed by atoms with van der Waals surface area (Å²) in [4.78, 5) is 27.4. The van der Waals surface area contributed by atoms with Crippen LogP contribution in [0.1, 0.15) is 40.0 Å². The first-order valence-corrected chi connectivity index (χ1v) is 7.23. The van der Waals surface area contributed by atoms with E-state index >= 15 is 0 Å². The molecule has 2 aliphatic rings. The molecule has 0 aromatic rings. The molecule has 1 N–H and O–H groups in total. The van der Waals surface area contributed by atoms with Crippen molar-refractivity contribution < 1.29 is 14.7 Å². The van der Waals surface area contributed by atoms with Crippen LogP contribution in [0, 0.1) is 11.8 Å². The van der Waals surface area contributed by atoms with Gasteiger partial charge in [0.25, 0.3) is 0 Å². The van der Waals surface area contributed by atoms with Gasteiger partial charge in [0.05, 0.1) is 5.92 Å². The first-order chi connectivity index (χ1) is 8.93. The van der Waals surface area contributed by atoms with Crippen molar-refractivity contribution in [1.82, 2.24) is 9.80 Å². The lowest BCUT2D eigenvalue weighted by Crippen LogP contribution is -2.53. The Hall–Kier alpha value is -1.26. The Morgan fingerprint density at radius 2 is 1.63 bits per heavy atom. The van der Waals surface area contributed by atoms with Crippen molar-refractivity contribution in [2.45, 2.75) is 52.1 Å². The summed E-state index contributed by atoms with van der Waals surface area (Å²) in [5.41, 5.74) is 0. The molecule has 0 aromatic heterocycles. The lowest BCUT2D eigenvalue weighted by atomic mass is 9.92. The highest BCUT2D eigenvalue weighted by molar-refractivity contribution is 5.78. The van der Waals surface area contributed by atoms with E-state index in [9.17, 15) is 9.59 Å². The fourth-order valence-corrected chi connectivity index (χ4v) is 3.31. The number of hydrogen-bond donors (Lipinski definition) is 1. The van der Waals surface area contributed by atoms with Crippen LogP contribution >= 0.6 is 0 Å². The fraction of sp³-hybridized carbons (Fsp3) is 0.857. The molecule has 2 amide bonds. The molecule has 2 heterocycles. The summed E-state index contributed by atoms with van der Waals surface area (Å²) in [5.74, 6) is -0.685. The zero-order chi connectivity index (χ0) is 14.2. The van der Waals surface area contributed by atoms with Gasteiger partial charge in [-0.15, -0.1) is 0 Å². The summed E-state index contributed by atoms with van der Waals surface area (Å²) in [7, 11) is 0. The minimum atomic E-state index is -0.789. The van der Waals surface area contributed by atoms with E-state index in [0.717, 1.165) is 19.4 Å². The molecule has 2 aliphatic heterocycles. The van der Waals surface area contributed by atoms with E-state index in [-0.39, 0.29) is 18.1 Å². The van der Waals surface area contributed by atoms with Gasteiger partial charge in [0.2, 0.25) is 0 Å². The summed E-state index contributed by atoms with van der Waals surface area (Å²) < 4.78 is 0. The van der Waals surface area contributed by atoms with Crippen molar-refractivity contribution in [3.05, 3.63) is 0 Å². The number of aliphatic carboxylic acids is 1. The number of carbonyl (C=O) groups excluding carboxylic acids is 1. The Kier molecular flexibility index (Phi) is 4.02. The van der Waals surface area contributed by atoms with E-state index < -0.39 is 11.9 Å². The zero-order valence-electron chi connectivity index (χ0n) is 12.0. The standard InChI is InChI=1S/C14H24N2O3/c1-9-5-4-7-15(10(9)2)14(19)16-8-6-12(11(16)3)13(17)18/h9-12H,4-8H2,1-3H3,(H,17,18). The topological polar surface area (TPSA) is 60.9 Å². The van der Waals surface area contributed by atoms with Crippen LogP contribution in [0.3, 0.4) is 0 Å². The summed E-state index contributed by atoms with van der Waals surface area (Å²) in [5, 5.41) is 9.14. The number of nitrogens with zero attached hydrogens (tertiary/aromatic N) is 2. The van der Waals surface area contributed by atoms with Crippen LogP contribution in [0.4, 0.5) is 4.79 Å². The molecule has 0 bridgehead atoms. The van der Waals surface area contributed by atoms with E-state index in [1.54, 1.807) is 4.90 Å². The molecule has 0 spiro atoms. The van der Waals surface area contributed by atoms with Crippen molar-refractivity contribution in [3.8, 4) is 0 Å². The van der Waals surface area contributed by atoms with Crippen molar-refractivity contribution in [2.24, 2.45) is 11.8 Å². The van der Waals surface area contributed by atoms with Gasteiger partial charge >= 0.3 is 12.0 Å². The second kappa shape index (κ2) is 5.39. The van der Waals surface area contributed by atoms with Gasteiger partial charge in [0, 0.05) is 25.2 Å². The summed E-state index contributed by atoms with van der Waals surface area (Å²) in [6.45, 7) is 7.48. The van der Waals surface area contributed by atoms with E-state index in [1.807, 2.05) is 11.8 Å². The molecule has 0 aliphatic carbocycles. The first-order valence-electron chi connectivity index (χ1n) is 7.23. The molecule has 4 unspecified atom stereocenters. The molecule has 4 atom stereocenters. The number of rotatable bonds is 1. The van der Waals surface area contributed by atoms with Crippen LogP contribution in [-0.4, -0.2) is 52.1 Å². The molecular formula is C14H24N2O3. The van der Waals surface area contributed by atoms with Crippen LogP contribution in [-0.2, 0) is 4.79 Å². The molecule has 5 nitrogen and oxygen atoms in total. The predicted octanol–water partition coefficient (Wildman–Crippen LogP) is 2.02. The van der Waals surface area contributed by atoms with Crippen molar-refractivity contribution in [2.75, 3.05) is 13.1 Å². The molecule has 0 radical (unpaired) electrons. The number of carboxylic acids is 1. The summed E-state index contributed by atoms with van der Waals surface area (Å²) >= 11 is 0. The third-order valence-corrected chi connectivity index (χ3v) is 4.94. The maximum Gasteiger partial charge on any atom is 0.320 e. The largest absolute Gasteiger partial charge is 0.481 e. The Morgan fingerprint density at radius 1 is 1.00 bits per heavy atom. The number of piperidine rings is 1.